The summed E-state index contributed by atoms with van der Waals surface area (Å²) >= 11 is 0. The lowest BCUT2D eigenvalue weighted by Crippen LogP contribution is -2.51. The number of fused-ring (bicyclic) bond motifs is 1. The summed E-state index contributed by atoms with van der Waals surface area (Å²) in [6.45, 7) is 11.9. The van der Waals surface area contributed by atoms with E-state index in [1.54, 1.807) is 0 Å². The minimum absolute atomic E-state index is 0.485. The van der Waals surface area contributed by atoms with Gasteiger partial charge in [-0.2, -0.15) is 0 Å². The molecule has 1 unspecified atom stereocenters. The van der Waals surface area contributed by atoms with Crippen LogP contribution in [0.4, 0.5) is 0 Å². The van der Waals surface area contributed by atoms with Crippen LogP contribution in [-0.2, 0) is 17.7 Å². The Morgan fingerprint density at radius 2 is 2.00 bits per heavy atom. The minimum atomic E-state index is 0.485. The molecule has 1 aliphatic heterocycles. The molecule has 0 saturated carbocycles. The molecule has 0 saturated heterocycles. The maximum atomic E-state index is 5.37. The topological polar surface area (TPSA) is 48.9 Å². The third kappa shape index (κ3) is 6.01. The highest BCUT2D eigenvalue weighted by Gasteiger charge is 2.25. The van der Waals surface area contributed by atoms with Crippen molar-refractivity contribution in [2.75, 3.05) is 39.9 Å². The highest BCUT2D eigenvalue weighted by Crippen LogP contribution is 2.22. The summed E-state index contributed by atoms with van der Waals surface area (Å²) in [5, 5.41) is 6.80. The zero-order valence-electron chi connectivity index (χ0n) is 16.2. The molecule has 0 bridgehead atoms. The molecule has 0 aromatic heterocycles. The molecule has 1 aromatic carbocycles. The second kappa shape index (κ2) is 10.4. The van der Waals surface area contributed by atoms with Crippen LogP contribution in [0.1, 0.15) is 31.9 Å². The van der Waals surface area contributed by atoms with Crippen molar-refractivity contribution in [1.29, 1.82) is 0 Å². The molecular formula is C20H34N4O. The Morgan fingerprint density at radius 3 is 2.68 bits per heavy atom. The number of guanidine groups is 1. The van der Waals surface area contributed by atoms with Gasteiger partial charge in [0.15, 0.2) is 5.96 Å². The number of nitrogens with zero attached hydrogens (tertiary/aromatic N) is 2. The first kappa shape index (κ1) is 19.7. The van der Waals surface area contributed by atoms with Gasteiger partial charge in [-0.05, 0) is 30.4 Å². The Bertz CT molecular complexity index is 544. The molecule has 0 radical (unpaired) electrons. The van der Waals surface area contributed by atoms with Crippen LogP contribution in [0.15, 0.2) is 29.3 Å². The fourth-order valence-corrected chi connectivity index (χ4v) is 3.39. The Balaban J connectivity index is 1.88. The van der Waals surface area contributed by atoms with Gasteiger partial charge >= 0.3 is 0 Å². The van der Waals surface area contributed by atoms with E-state index in [1.807, 2.05) is 14.0 Å². The van der Waals surface area contributed by atoms with Crippen molar-refractivity contribution in [3.63, 3.8) is 0 Å². The van der Waals surface area contributed by atoms with Crippen molar-refractivity contribution in [3.8, 4) is 0 Å². The second-order valence-electron chi connectivity index (χ2n) is 6.88. The molecule has 2 N–H and O–H groups in total. The van der Waals surface area contributed by atoms with Crippen LogP contribution in [-0.4, -0.2) is 56.8 Å². The molecule has 0 aliphatic carbocycles. The van der Waals surface area contributed by atoms with E-state index in [1.165, 1.54) is 11.1 Å². The first-order valence-corrected chi connectivity index (χ1v) is 9.48. The minimum Gasteiger partial charge on any atom is -0.380 e. The molecule has 2 rings (SSSR count). The maximum absolute atomic E-state index is 5.37. The number of aliphatic imine (C=N–C) groups is 1. The van der Waals surface area contributed by atoms with E-state index in [0.29, 0.717) is 18.6 Å². The molecule has 25 heavy (non-hydrogen) atoms. The molecule has 5 heteroatoms. The van der Waals surface area contributed by atoms with Gasteiger partial charge in [0, 0.05) is 45.9 Å². The van der Waals surface area contributed by atoms with Crippen molar-refractivity contribution in [2.45, 2.75) is 39.8 Å². The predicted octanol–water partition coefficient (Wildman–Crippen LogP) is 2.27. The van der Waals surface area contributed by atoms with Crippen LogP contribution in [0.5, 0.6) is 0 Å². The average molecular weight is 347 g/mol. The maximum Gasteiger partial charge on any atom is 0.191 e. The van der Waals surface area contributed by atoms with E-state index in [2.05, 4.69) is 58.6 Å². The van der Waals surface area contributed by atoms with Crippen molar-refractivity contribution in [3.05, 3.63) is 35.4 Å². The van der Waals surface area contributed by atoms with Crippen molar-refractivity contribution >= 4 is 5.96 Å². The van der Waals surface area contributed by atoms with Gasteiger partial charge in [-0.15, -0.1) is 0 Å². The molecule has 0 spiro atoms. The molecule has 1 aromatic rings. The van der Waals surface area contributed by atoms with Crippen LogP contribution in [0, 0.1) is 5.92 Å². The van der Waals surface area contributed by atoms with Gasteiger partial charge in [-0.3, -0.25) is 9.89 Å². The van der Waals surface area contributed by atoms with Crippen molar-refractivity contribution in [2.24, 2.45) is 10.9 Å². The molecule has 1 aliphatic rings. The summed E-state index contributed by atoms with van der Waals surface area (Å²) in [5.74, 6) is 1.43. The monoisotopic (exact) mass is 346 g/mol. The Kier molecular flexibility index (Phi) is 8.22. The lowest BCUT2D eigenvalue weighted by molar-refractivity contribution is 0.140. The fraction of sp³-hybridized carbons (Fsp3) is 0.650. The van der Waals surface area contributed by atoms with E-state index >= 15 is 0 Å². The van der Waals surface area contributed by atoms with Gasteiger partial charge in [0.2, 0.25) is 0 Å². The van der Waals surface area contributed by atoms with E-state index in [0.717, 1.165) is 45.2 Å². The molecule has 140 valence electrons. The van der Waals surface area contributed by atoms with Gasteiger partial charge < -0.3 is 15.4 Å². The largest absolute Gasteiger partial charge is 0.380 e. The fourth-order valence-electron chi connectivity index (χ4n) is 3.39. The number of benzene rings is 1. The first-order valence-electron chi connectivity index (χ1n) is 9.48. The zero-order chi connectivity index (χ0) is 18.1. The smallest absolute Gasteiger partial charge is 0.191 e. The molecule has 5 nitrogen and oxygen atoms in total. The average Bonchev–Trinajstić information content (AvgIpc) is 2.63. The summed E-state index contributed by atoms with van der Waals surface area (Å²) in [4.78, 5) is 6.92. The van der Waals surface area contributed by atoms with Crippen molar-refractivity contribution < 1.29 is 4.74 Å². The number of ether oxygens (including phenoxy) is 1. The third-order valence-electron chi connectivity index (χ3n) is 4.84. The Hall–Kier alpha value is -1.59. The van der Waals surface area contributed by atoms with Crippen LogP contribution in [0.3, 0.4) is 0 Å². The van der Waals surface area contributed by atoms with E-state index in [9.17, 15) is 0 Å². The van der Waals surface area contributed by atoms with Crippen LogP contribution < -0.4 is 10.6 Å². The summed E-state index contributed by atoms with van der Waals surface area (Å²) in [7, 11) is 1.82. The first-order chi connectivity index (χ1) is 12.2. The SMILES string of the molecule is CCOCCNC(=NC)NCC(C(C)C)N1CCc2ccccc2C1. The van der Waals surface area contributed by atoms with Gasteiger partial charge in [-0.25, -0.2) is 0 Å². The number of hydrogen-bond acceptors (Lipinski definition) is 3. The Labute approximate surface area is 152 Å². The van der Waals surface area contributed by atoms with Crippen LogP contribution in [0.2, 0.25) is 0 Å². The highest BCUT2D eigenvalue weighted by molar-refractivity contribution is 5.79. The van der Waals surface area contributed by atoms with Crippen molar-refractivity contribution in [1.82, 2.24) is 15.5 Å². The predicted molar refractivity (Wildman–Crippen MR) is 105 cm³/mol. The molecule has 1 atom stereocenters. The third-order valence-corrected chi connectivity index (χ3v) is 4.84. The lowest BCUT2D eigenvalue weighted by Gasteiger charge is -2.38. The summed E-state index contributed by atoms with van der Waals surface area (Å²) < 4.78 is 5.37. The van der Waals surface area contributed by atoms with E-state index in [-0.39, 0.29) is 0 Å². The van der Waals surface area contributed by atoms with Gasteiger partial charge in [0.05, 0.1) is 6.61 Å². The number of nitrogens with one attached hydrogen (secondary N) is 2. The normalized spacial score (nSPS) is 16.6. The highest BCUT2D eigenvalue weighted by atomic mass is 16.5. The number of rotatable bonds is 8. The summed E-state index contributed by atoms with van der Waals surface area (Å²) in [6.07, 6.45) is 1.14. The van der Waals surface area contributed by atoms with Gasteiger partial charge in [-0.1, -0.05) is 38.1 Å². The van der Waals surface area contributed by atoms with Gasteiger partial charge in [0.1, 0.15) is 0 Å². The molecule has 0 fully saturated rings. The zero-order valence-corrected chi connectivity index (χ0v) is 16.2. The van der Waals surface area contributed by atoms with Crippen LogP contribution in [0.25, 0.3) is 0 Å². The van der Waals surface area contributed by atoms with E-state index < -0.39 is 0 Å². The molecule has 0 amide bonds. The van der Waals surface area contributed by atoms with Gasteiger partial charge in [0.25, 0.3) is 0 Å². The van der Waals surface area contributed by atoms with Crippen LogP contribution >= 0.6 is 0 Å². The quantitative estimate of drug-likeness (QED) is 0.431. The summed E-state index contributed by atoms with van der Waals surface area (Å²) in [6, 6.07) is 9.31. The summed E-state index contributed by atoms with van der Waals surface area (Å²) in [5.41, 5.74) is 2.97. The Morgan fingerprint density at radius 1 is 1.24 bits per heavy atom. The molecular weight excluding hydrogens is 312 g/mol. The lowest BCUT2D eigenvalue weighted by atomic mass is 9.95. The molecule has 1 heterocycles. The standard InChI is InChI=1S/C20H34N4O/c1-5-25-13-11-22-20(21-4)23-14-19(16(2)3)24-12-10-17-8-6-7-9-18(17)15-24/h6-9,16,19H,5,10-15H2,1-4H3,(H2,21,22,23). The number of hydrogen-bond donors (Lipinski definition) is 2. The second-order valence-corrected chi connectivity index (χ2v) is 6.88. The van der Waals surface area contributed by atoms with E-state index in [4.69, 9.17) is 4.74 Å².